The van der Waals surface area contributed by atoms with E-state index in [9.17, 15) is 27.7 Å². The van der Waals surface area contributed by atoms with E-state index in [2.05, 4.69) is 0 Å². The normalized spacial score (nSPS) is 11.5. The van der Waals surface area contributed by atoms with Crippen LogP contribution in [-0.2, 0) is 6.18 Å². The molecular formula is C8H5F4NO2. The standard InChI is InChI=1S/C8H5F4NO2/c1-4-6(13(14)15)3-2-5(7(4)9)8(10,11)12/h2-3H,1H3. The number of nitrogens with zero attached hydrogens (tertiary/aromatic N) is 1. The molecule has 0 heterocycles. The SMILES string of the molecule is Cc1c([N+](=O)[O-])ccc(C(F)(F)F)c1F. The molecule has 1 aromatic rings. The predicted molar refractivity (Wildman–Crippen MR) is 42.8 cm³/mol. The highest BCUT2D eigenvalue weighted by Crippen LogP contribution is 2.34. The topological polar surface area (TPSA) is 43.1 Å². The summed E-state index contributed by atoms with van der Waals surface area (Å²) in [5.74, 6) is -1.60. The van der Waals surface area contributed by atoms with Crippen molar-refractivity contribution in [3.8, 4) is 0 Å². The minimum absolute atomic E-state index is 0.362. The number of rotatable bonds is 1. The van der Waals surface area contributed by atoms with Crippen molar-refractivity contribution in [1.29, 1.82) is 0 Å². The summed E-state index contributed by atoms with van der Waals surface area (Å²) >= 11 is 0. The summed E-state index contributed by atoms with van der Waals surface area (Å²) in [6.45, 7) is 0.933. The molecule has 0 aliphatic rings. The predicted octanol–water partition coefficient (Wildman–Crippen LogP) is 3.06. The van der Waals surface area contributed by atoms with Crippen molar-refractivity contribution in [2.75, 3.05) is 0 Å². The van der Waals surface area contributed by atoms with E-state index in [0.29, 0.717) is 12.1 Å². The highest BCUT2D eigenvalue weighted by atomic mass is 19.4. The molecule has 15 heavy (non-hydrogen) atoms. The summed E-state index contributed by atoms with van der Waals surface area (Å²) in [6.07, 6.45) is -4.84. The molecule has 1 rings (SSSR count). The lowest BCUT2D eigenvalue weighted by atomic mass is 10.1. The third-order valence-corrected chi connectivity index (χ3v) is 1.86. The largest absolute Gasteiger partial charge is 0.419 e. The molecule has 0 aromatic heterocycles. The van der Waals surface area contributed by atoms with Crippen LogP contribution in [0.25, 0.3) is 0 Å². The van der Waals surface area contributed by atoms with Gasteiger partial charge in [0.1, 0.15) is 5.82 Å². The van der Waals surface area contributed by atoms with Crippen LogP contribution in [0.2, 0.25) is 0 Å². The molecule has 0 saturated heterocycles. The Balaban J connectivity index is 3.41. The Labute approximate surface area is 81.5 Å². The third kappa shape index (κ3) is 2.05. The van der Waals surface area contributed by atoms with Crippen LogP contribution in [0.1, 0.15) is 11.1 Å². The zero-order valence-corrected chi connectivity index (χ0v) is 7.43. The Morgan fingerprint density at radius 1 is 1.33 bits per heavy atom. The van der Waals surface area contributed by atoms with Gasteiger partial charge in [-0.25, -0.2) is 4.39 Å². The second-order valence-electron chi connectivity index (χ2n) is 2.83. The van der Waals surface area contributed by atoms with Gasteiger partial charge in [-0.05, 0) is 13.0 Å². The zero-order chi connectivity index (χ0) is 11.8. The van der Waals surface area contributed by atoms with Gasteiger partial charge in [-0.15, -0.1) is 0 Å². The second kappa shape index (κ2) is 3.48. The maximum absolute atomic E-state index is 13.1. The van der Waals surface area contributed by atoms with E-state index >= 15 is 0 Å². The summed E-state index contributed by atoms with van der Waals surface area (Å²) < 4.78 is 49.5. The van der Waals surface area contributed by atoms with E-state index < -0.39 is 33.7 Å². The molecule has 0 aliphatic heterocycles. The van der Waals surface area contributed by atoms with Crippen molar-refractivity contribution in [1.82, 2.24) is 0 Å². The average molecular weight is 223 g/mol. The van der Waals surface area contributed by atoms with Crippen LogP contribution in [0, 0.1) is 22.9 Å². The molecule has 3 nitrogen and oxygen atoms in total. The average Bonchev–Trinajstić information content (AvgIpc) is 2.06. The summed E-state index contributed by atoms with van der Waals surface area (Å²) in [6, 6.07) is 1.00. The van der Waals surface area contributed by atoms with Gasteiger partial charge < -0.3 is 0 Å². The van der Waals surface area contributed by atoms with Crippen LogP contribution >= 0.6 is 0 Å². The summed E-state index contributed by atoms with van der Waals surface area (Å²) in [5.41, 5.74) is -2.78. The van der Waals surface area contributed by atoms with Crippen LogP contribution in [0.3, 0.4) is 0 Å². The molecule has 0 atom stereocenters. The van der Waals surface area contributed by atoms with Gasteiger partial charge in [0.15, 0.2) is 0 Å². The van der Waals surface area contributed by atoms with Crippen LogP contribution in [0.4, 0.5) is 23.2 Å². The first-order chi connectivity index (χ1) is 6.75. The maximum Gasteiger partial charge on any atom is 0.419 e. The molecule has 1 aromatic carbocycles. The first-order valence-corrected chi connectivity index (χ1v) is 3.76. The molecule has 82 valence electrons. The van der Waals surface area contributed by atoms with Crippen molar-refractivity contribution in [2.45, 2.75) is 13.1 Å². The molecule has 0 fully saturated rings. The molecular weight excluding hydrogens is 218 g/mol. The molecule has 0 saturated carbocycles. The van der Waals surface area contributed by atoms with E-state index in [1.54, 1.807) is 0 Å². The Bertz CT molecular complexity index is 414. The van der Waals surface area contributed by atoms with Crippen LogP contribution in [0.5, 0.6) is 0 Å². The van der Waals surface area contributed by atoms with Crippen LogP contribution < -0.4 is 0 Å². The van der Waals surface area contributed by atoms with Crippen molar-refractivity contribution in [3.05, 3.63) is 39.2 Å². The smallest absolute Gasteiger partial charge is 0.258 e. The van der Waals surface area contributed by atoms with E-state index in [-0.39, 0.29) is 0 Å². The van der Waals surface area contributed by atoms with Crippen molar-refractivity contribution < 1.29 is 22.5 Å². The van der Waals surface area contributed by atoms with Gasteiger partial charge in [0.2, 0.25) is 0 Å². The minimum atomic E-state index is -4.84. The molecule has 0 N–H and O–H groups in total. The van der Waals surface area contributed by atoms with Gasteiger partial charge >= 0.3 is 6.18 Å². The minimum Gasteiger partial charge on any atom is -0.258 e. The van der Waals surface area contributed by atoms with Gasteiger partial charge in [-0.2, -0.15) is 13.2 Å². The lowest BCUT2D eigenvalue weighted by Gasteiger charge is -2.09. The number of nitro benzene ring substituents is 1. The monoisotopic (exact) mass is 223 g/mol. The zero-order valence-electron chi connectivity index (χ0n) is 7.43. The fraction of sp³-hybridized carbons (Fsp3) is 0.250. The summed E-state index contributed by atoms with van der Waals surface area (Å²) in [7, 11) is 0. The van der Waals surface area contributed by atoms with Crippen molar-refractivity contribution >= 4 is 5.69 Å². The Kier molecular flexibility index (Phi) is 2.65. The number of hydrogen-bond donors (Lipinski definition) is 0. The van der Waals surface area contributed by atoms with Crippen molar-refractivity contribution in [3.63, 3.8) is 0 Å². The molecule has 0 spiro atoms. The number of benzene rings is 1. The Morgan fingerprint density at radius 2 is 1.87 bits per heavy atom. The maximum atomic E-state index is 13.1. The fourth-order valence-corrected chi connectivity index (χ4v) is 1.09. The van der Waals surface area contributed by atoms with Gasteiger partial charge in [0.25, 0.3) is 5.69 Å². The number of halogens is 4. The van der Waals surface area contributed by atoms with Gasteiger partial charge in [0, 0.05) is 6.07 Å². The lowest BCUT2D eigenvalue weighted by molar-refractivity contribution is -0.385. The molecule has 0 amide bonds. The van der Waals surface area contributed by atoms with Crippen LogP contribution in [-0.4, -0.2) is 4.92 Å². The molecule has 7 heteroatoms. The number of nitro groups is 1. The van der Waals surface area contributed by atoms with E-state index in [1.807, 2.05) is 0 Å². The summed E-state index contributed by atoms with van der Waals surface area (Å²) in [4.78, 5) is 9.36. The fourth-order valence-electron chi connectivity index (χ4n) is 1.09. The first kappa shape index (κ1) is 11.4. The van der Waals surface area contributed by atoms with E-state index in [4.69, 9.17) is 0 Å². The lowest BCUT2D eigenvalue weighted by Crippen LogP contribution is -2.10. The molecule has 0 radical (unpaired) electrons. The third-order valence-electron chi connectivity index (χ3n) is 1.86. The highest BCUT2D eigenvalue weighted by Gasteiger charge is 2.36. The van der Waals surface area contributed by atoms with Gasteiger partial charge in [-0.1, -0.05) is 0 Å². The Hall–Kier alpha value is -1.66. The Morgan fingerprint density at radius 3 is 2.27 bits per heavy atom. The van der Waals surface area contributed by atoms with E-state index in [0.717, 1.165) is 6.92 Å². The quantitative estimate of drug-likeness (QED) is 0.417. The number of hydrogen-bond acceptors (Lipinski definition) is 2. The van der Waals surface area contributed by atoms with Gasteiger partial charge in [-0.3, -0.25) is 10.1 Å². The highest BCUT2D eigenvalue weighted by molar-refractivity contribution is 5.43. The van der Waals surface area contributed by atoms with Crippen molar-refractivity contribution in [2.24, 2.45) is 0 Å². The number of alkyl halides is 3. The second-order valence-corrected chi connectivity index (χ2v) is 2.83. The summed E-state index contributed by atoms with van der Waals surface area (Å²) in [5, 5.41) is 10.3. The van der Waals surface area contributed by atoms with E-state index in [1.165, 1.54) is 0 Å². The van der Waals surface area contributed by atoms with Gasteiger partial charge in [0.05, 0.1) is 16.1 Å². The van der Waals surface area contributed by atoms with Crippen LogP contribution in [0.15, 0.2) is 12.1 Å². The molecule has 0 aliphatic carbocycles. The first-order valence-electron chi connectivity index (χ1n) is 3.76. The molecule has 0 bridgehead atoms. The molecule has 0 unspecified atom stereocenters.